The normalized spacial score (nSPS) is 12.7. The highest BCUT2D eigenvalue weighted by atomic mass is 32.2. The molecular formula is C21H24N4O3S. The molecule has 8 heteroatoms. The summed E-state index contributed by atoms with van der Waals surface area (Å²) in [6.07, 6.45) is 3.10. The van der Waals surface area contributed by atoms with Gasteiger partial charge in [-0.2, -0.15) is 0 Å². The second-order valence-electron chi connectivity index (χ2n) is 7.02. The highest BCUT2D eigenvalue weighted by Crippen LogP contribution is 2.21. The molecule has 2 N–H and O–H groups in total. The van der Waals surface area contributed by atoms with E-state index in [1.54, 1.807) is 27.1 Å². The van der Waals surface area contributed by atoms with Crippen molar-refractivity contribution >= 4 is 15.9 Å². The minimum Gasteiger partial charge on any atom is -0.345 e. The zero-order valence-corrected chi connectivity index (χ0v) is 17.3. The van der Waals surface area contributed by atoms with E-state index in [1.165, 1.54) is 16.8 Å². The molecule has 0 unspecified atom stereocenters. The largest absolute Gasteiger partial charge is 0.345 e. The van der Waals surface area contributed by atoms with Crippen LogP contribution in [0.15, 0.2) is 71.9 Å². The first kappa shape index (κ1) is 20.8. The fourth-order valence-electron chi connectivity index (χ4n) is 3.01. The van der Waals surface area contributed by atoms with Crippen LogP contribution < -0.4 is 10.0 Å². The number of aryl methyl sites for hydroxylation is 1. The number of aromatic nitrogens is 2. The monoisotopic (exact) mass is 412 g/mol. The molecule has 0 aliphatic heterocycles. The number of hydrogen-bond donors (Lipinski definition) is 2. The Morgan fingerprint density at radius 2 is 1.76 bits per heavy atom. The van der Waals surface area contributed by atoms with Crippen molar-refractivity contribution in [1.82, 2.24) is 19.6 Å². The fraction of sp³-hybridized carbons (Fsp3) is 0.238. The van der Waals surface area contributed by atoms with Crippen molar-refractivity contribution in [3.63, 3.8) is 0 Å². The molecule has 0 saturated heterocycles. The minimum absolute atomic E-state index is 0.0490. The van der Waals surface area contributed by atoms with Gasteiger partial charge in [0, 0.05) is 25.5 Å². The molecule has 0 saturated carbocycles. The summed E-state index contributed by atoms with van der Waals surface area (Å²) in [4.78, 5) is 17.4. The number of pyridine rings is 1. The highest BCUT2D eigenvalue weighted by molar-refractivity contribution is 7.89. The van der Waals surface area contributed by atoms with Crippen LogP contribution in [0.3, 0.4) is 0 Å². The van der Waals surface area contributed by atoms with Gasteiger partial charge in [-0.3, -0.25) is 9.78 Å². The van der Waals surface area contributed by atoms with Gasteiger partial charge < -0.3 is 9.88 Å². The van der Waals surface area contributed by atoms with Crippen LogP contribution in [0, 0.1) is 0 Å². The van der Waals surface area contributed by atoms with Gasteiger partial charge in [-0.05, 0) is 37.6 Å². The Kier molecular flexibility index (Phi) is 6.14. The number of benzene rings is 1. The number of carbonyl (C=O) groups is 1. The average molecular weight is 413 g/mol. The van der Waals surface area contributed by atoms with Crippen LogP contribution in [0.5, 0.6) is 0 Å². The zero-order valence-electron chi connectivity index (χ0n) is 16.5. The lowest BCUT2D eigenvalue weighted by Gasteiger charge is -2.19. The molecule has 29 heavy (non-hydrogen) atoms. The molecule has 2 aromatic heterocycles. The molecule has 3 rings (SSSR count). The van der Waals surface area contributed by atoms with Crippen LogP contribution in [0.2, 0.25) is 0 Å². The molecule has 0 bridgehead atoms. The number of hydrogen-bond acceptors (Lipinski definition) is 4. The van der Waals surface area contributed by atoms with Crippen molar-refractivity contribution in [1.29, 1.82) is 0 Å². The van der Waals surface area contributed by atoms with Crippen LogP contribution in [0.25, 0.3) is 0 Å². The van der Waals surface area contributed by atoms with E-state index in [2.05, 4.69) is 15.0 Å². The number of rotatable bonds is 7. The molecule has 2 heterocycles. The highest BCUT2D eigenvalue weighted by Gasteiger charge is 2.24. The molecule has 152 valence electrons. The van der Waals surface area contributed by atoms with Crippen molar-refractivity contribution in [2.45, 2.75) is 30.8 Å². The van der Waals surface area contributed by atoms with Crippen LogP contribution >= 0.6 is 0 Å². The minimum atomic E-state index is -3.69. The second kappa shape index (κ2) is 8.59. The molecule has 0 aliphatic rings. The van der Waals surface area contributed by atoms with Gasteiger partial charge in [0.25, 0.3) is 5.91 Å². The fourth-order valence-corrected chi connectivity index (χ4v) is 4.33. The van der Waals surface area contributed by atoms with Crippen LogP contribution in [-0.2, 0) is 17.1 Å². The van der Waals surface area contributed by atoms with Gasteiger partial charge in [0.15, 0.2) is 0 Å². The van der Waals surface area contributed by atoms with Crippen LogP contribution in [0.1, 0.15) is 41.6 Å². The Morgan fingerprint density at radius 3 is 2.38 bits per heavy atom. The van der Waals surface area contributed by atoms with Gasteiger partial charge in [0.2, 0.25) is 10.0 Å². The van der Waals surface area contributed by atoms with Gasteiger partial charge in [0.1, 0.15) is 10.6 Å². The quantitative estimate of drug-likeness (QED) is 0.624. The van der Waals surface area contributed by atoms with E-state index in [0.29, 0.717) is 5.69 Å². The van der Waals surface area contributed by atoms with Gasteiger partial charge in [-0.1, -0.05) is 36.4 Å². The molecule has 7 nitrogen and oxygen atoms in total. The topological polar surface area (TPSA) is 93.1 Å². The number of nitrogens with zero attached hydrogens (tertiary/aromatic N) is 2. The summed E-state index contributed by atoms with van der Waals surface area (Å²) in [7, 11) is -2.05. The molecule has 1 aromatic carbocycles. The van der Waals surface area contributed by atoms with Gasteiger partial charge in [-0.25, -0.2) is 13.1 Å². The summed E-state index contributed by atoms with van der Waals surface area (Å²) in [5.74, 6) is -0.391. The Hall–Kier alpha value is -2.97. The third-order valence-electron chi connectivity index (χ3n) is 4.31. The molecule has 1 amide bonds. The summed E-state index contributed by atoms with van der Waals surface area (Å²) in [5.41, 5.74) is 1.81. The molecule has 1 atom stereocenters. The predicted octanol–water partition coefficient (Wildman–Crippen LogP) is 2.63. The number of amides is 1. The third-order valence-corrected chi connectivity index (χ3v) is 5.93. The van der Waals surface area contributed by atoms with E-state index in [4.69, 9.17) is 0 Å². The number of nitrogens with one attached hydrogen (secondary N) is 2. The lowest BCUT2D eigenvalue weighted by molar-refractivity contribution is 0.0934. The predicted molar refractivity (Wildman–Crippen MR) is 111 cm³/mol. The van der Waals surface area contributed by atoms with Crippen molar-refractivity contribution in [3.05, 3.63) is 83.9 Å². The molecule has 0 radical (unpaired) electrons. The standard InChI is InChI=1S/C21H24N4O3S/c1-15(2)24-29(27,28)17-13-19(25(3)14-17)21(26)23-20(16-9-5-4-6-10-16)18-11-7-8-12-22-18/h4-15,20,24H,1-3H3,(H,23,26)/t20-/m1/s1. The first-order valence-electron chi connectivity index (χ1n) is 9.23. The van der Waals surface area contributed by atoms with Gasteiger partial charge in [-0.15, -0.1) is 0 Å². The second-order valence-corrected chi connectivity index (χ2v) is 8.73. The van der Waals surface area contributed by atoms with E-state index < -0.39 is 22.0 Å². The smallest absolute Gasteiger partial charge is 0.268 e. The maximum atomic E-state index is 13.0. The molecule has 0 fully saturated rings. The van der Waals surface area contributed by atoms with Crippen LogP contribution in [-0.4, -0.2) is 29.9 Å². The van der Waals surface area contributed by atoms with Crippen molar-refractivity contribution in [3.8, 4) is 0 Å². The average Bonchev–Trinajstić information content (AvgIpc) is 3.09. The number of sulfonamides is 1. The Morgan fingerprint density at radius 1 is 1.07 bits per heavy atom. The van der Waals surface area contributed by atoms with Gasteiger partial charge >= 0.3 is 0 Å². The zero-order chi connectivity index (χ0) is 21.0. The molecular weight excluding hydrogens is 388 g/mol. The summed E-state index contributed by atoms with van der Waals surface area (Å²) < 4.78 is 28.9. The van der Waals surface area contributed by atoms with E-state index in [9.17, 15) is 13.2 Å². The lowest BCUT2D eigenvalue weighted by Crippen LogP contribution is -2.31. The third kappa shape index (κ3) is 4.90. The maximum absolute atomic E-state index is 13.0. The first-order chi connectivity index (χ1) is 13.8. The Balaban J connectivity index is 1.91. The van der Waals surface area contributed by atoms with Crippen molar-refractivity contribution < 1.29 is 13.2 Å². The number of carbonyl (C=O) groups excluding carboxylic acids is 1. The van der Waals surface area contributed by atoms with E-state index in [1.807, 2.05) is 48.5 Å². The summed E-state index contributed by atoms with van der Waals surface area (Å²) in [6.45, 7) is 3.48. The van der Waals surface area contributed by atoms with Crippen molar-refractivity contribution in [2.75, 3.05) is 0 Å². The van der Waals surface area contributed by atoms with E-state index >= 15 is 0 Å². The lowest BCUT2D eigenvalue weighted by atomic mass is 10.0. The van der Waals surface area contributed by atoms with E-state index in [0.717, 1.165) is 5.56 Å². The molecule has 0 spiro atoms. The SMILES string of the molecule is CC(C)NS(=O)(=O)c1cc(C(=O)N[C@H](c2ccccc2)c2ccccn2)n(C)c1. The summed E-state index contributed by atoms with van der Waals surface area (Å²) >= 11 is 0. The summed E-state index contributed by atoms with van der Waals surface area (Å²) in [6, 6.07) is 15.7. The van der Waals surface area contributed by atoms with Crippen LogP contribution in [0.4, 0.5) is 0 Å². The van der Waals surface area contributed by atoms with Gasteiger partial charge in [0.05, 0.1) is 11.7 Å². The first-order valence-corrected chi connectivity index (χ1v) is 10.7. The Labute approximate surface area is 170 Å². The Bertz CT molecular complexity index is 1040. The van der Waals surface area contributed by atoms with Crippen molar-refractivity contribution in [2.24, 2.45) is 7.05 Å². The maximum Gasteiger partial charge on any atom is 0.268 e. The molecule has 0 aliphatic carbocycles. The summed E-state index contributed by atoms with van der Waals surface area (Å²) in [5, 5.41) is 2.97. The molecule has 3 aromatic rings. The van der Waals surface area contributed by atoms with E-state index in [-0.39, 0.29) is 16.6 Å².